The summed E-state index contributed by atoms with van der Waals surface area (Å²) in [5.41, 5.74) is 5.52. The highest BCUT2D eigenvalue weighted by Crippen LogP contribution is 2.27. The van der Waals surface area contributed by atoms with Crippen molar-refractivity contribution < 1.29 is 13.9 Å². The lowest BCUT2D eigenvalue weighted by molar-refractivity contribution is 0.216. The van der Waals surface area contributed by atoms with Gasteiger partial charge in [0.25, 0.3) is 0 Å². The van der Waals surface area contributed by atoms with Gasteiger partial charge in [0.15, 0.2) is 0 Å². The molecule has 2 unspecified atom stereocenters. The molecule has 2 nitrogen and oxygen atoms in total. The maximum Gasteiger partial charge on any atom is 0.129 e. The molecule has 1 aromatic carbocycles. The first-order valence-corrected chi connectivity index (χ1v) is 5.35. The van der Waals surface area contributed by atoms with E-state index in [-0.39, 0.29) is 24.0 Å². The average molecular weight is 229 g/mol. The van der Waals surface area contributed by atoms with Crippen molar-refractivity contribution in [3.05, 3.63) is 35.4 Å². The van der Waals surface area contributed by atoms with E-state index in [4.69, 9.17) is 10.8 Å². The molecular formula is C12H17F2NO. The molecule has 1 aromatic rings. The minimum Gasteiger partial charge on any atom is -0.396 e. The molecule has 0 aliphatic carbocycles. The van der Waals surface area contributed by atoms with Gasteiger partial charge in [-0.15, -0.1) is 0 Å². The maximum atomic E-state index is 13.4. The fourth-order valence-electron chi connectivity index (χ4n) is 1.84. The normalized spacial score (nSPS) is 14.8. The molecule has 0 heterocycles. The van der Waals surface area contributed by atoms with E-state index in [1.54, 1.807) is 6.92 Å². The number of nitrogens with two attached hydrogens (primary N) is 1. The van der Waals surface area contributed by atoms with E-state index in [0.29, 0.717) is 13.0 Å². The summed E-state index contributed by atoms with van der Waals surface area (Å²) in [5, 5.41) is 8.99. The fourth-order valence-corrected chi connectivity index (χ4v) is 1.84. The van der Waals surface area contributed by atoms with Gasteiger partial charge in [-0.1, -0.05) is 13.0 Å². The molecule has 16 heavy (non-hydrogen) atoms. The van der Waals surface area contributed by atoms with E-state index in [1.807, 2.05) is 0 Å². The van der Waals surface area contributed by atoms with Crippen LogP contribution in [0.25, 0.3) is 0 Å². The minimum absolute atomic E-state index is 0.0586. The van der Waals surface area contributed by atoms with Crippen LogP contribution >= 0.6 is 0 Å². The van der Waals surface area contributed by atoms with Crippen molar-refractivity contribution >= 4 is 0 Å². The van der Waals surface area contributed by atoms with E-state index < -0.39 is 11.6 Å². The fraction of sp³-hybridized carbons (Fsp3) is 0.500. The lowest BCUT2D eigenvalue weighted by Crippen LogP contribution is -2.20. The lowest BCUT2D eigenvalue weighted by atomic mass is 9.90. The predicted octanol–water partition coefficient (Wildman–Crippen LogP) is 2.03. The van der Waals surface area contributed by atoms with E-state index in [9.17, 15) is 8.78 Å². The largest absolute Gasteiger partial charge is 0.396 e. The summed E-state index contributed by atoms with van der Waals surface area (Å²) in [5.74, 6) is -1.49. The Kier molecular flexibility index (Phi) is 4.83. The van der Waals surface area contributed by atoms with Crippen LogP contribution in [0.4, 0.5) is 8.78 Å². The number of benzene rings is 1. The van der Waals surface area contributed by atoms with Crippen LogP contribution in [0.3, 0.4) is 0 Å². The molecule has 0 fully saturated rings. The van der Waals surface area contributed by atoms with Crippen molar-refractivity contribution in [2.45, 2.75) is 19.3 Å². The first-order chi connectivity index (χ1) is 7.60. The lowest BCUT2D eigenvalue weighted by Gasteiger charge is -2.18. The van der Waals surface area contributed by atoms with Crippen molar-refractivity contribution in [3.8, 4) is 0 Å². The zero-order valence-electron chi connectivity index (χ0n) is 9.29. The molecule has 1 rings (SSSR count). The Morgan fingerprint density at radius 3 is 2.31 bits per heavy atom. The Balaban J connectivity index is 2.83. The third-order valence-electron chi connectivity index (χ3n) is 2.77. The molecule has 90 valence electrons. The smallest absolute Gasteiger partial charge is 0.129 e. The zero-order valence-corrected chi connectivity index (χ0v) is 9.29. The molecule has 0 saturated heterocycles. The highest BCUT2D eigenvalue weighted by atomic mass is 19.1. The molecule has 0 saturated carbocycles. The van der Waals surface area contributed by atoms with Crippen LogP contribution in [0.1, 0.15) is 24.8 Å². The summed E-state index contributed by atoms with van der Waals surface area (Å²) < 4.78 is 26.9. The van der Waals surface area contributed by atoms with Gasteiger partial charge in [0.2, 0.25) is 0 Å². The molecule has 3 N–H and O–H groups in total. The summed E-state index contributed by atoms with van der Waals surface area (Å²) in [6, 6.07) is 3.82. The first-order valence-electron chi connectivity index (χ1n) is 5.35. The van der Waals surface area contributed by atoms with Crippen LogP contribution in [-0.2, 0) is 0 Å². The van der Waals surface area contributed by atoms with Crippen LogP contribution in [0.5, 0.6) is 0 Å². The van der Waals surface area contributed by atoms with Crippen molar-refractivity contribution in [1.29, 1.82) is 0 Å². The Bertz CT molecular complexity index is 320. The summed E-state index contributed by atoms with van der Waals surface area (Å²) in [4.78, 5) is 0. The molecule has 0 spiro atoms. The van der Waals surface area contributed by atoms with Gasteiger partial charge in [0, 0.05) is 12.2 Å². The summed E-state index contributed by atoms with van der Waals surface area (Å²) >= 11 is 0. The van der Waals surface area contributed by atoms with Gasteiger partial charge in [0.05, 0.1) is 0 Å². The topological polar surface area (TPSA) is 46.2 Å². The van der Waals surface area contributed by atoms with Crippen LogP contribution in [0.2, 0.25) is 0 Å². The van der Waals surface area contributed by atoms with E-state index >= 15 is 0 Å². The quantitative estimate of drug-likeness (QED) is 0.811. The highest BCUT2D eigenvalue weighted by molar-refractivity contribution is 5.23. The van der Waals surface area contributed by atoms with Gasteiger partial charge in [-0.2, -0.15) is 0 Å². The third kappa shape index (κ3) is 3.00. The van der Waals surface area contributed by atoms with Gasteiger partial charge in [0.1, 0.15) is 11.6 Å². The van der Waals surface area contributed by atoms with Crippen LogP contribution < -0.4 is 5.73 Å². The van der Waals surface area contributed by atoms with Gasteiger partial charge >= 0.3 is 0 Å². The monoisotopic (exact) mass is 229 g/mol. The minimum atomic E-state index is -0.541. The molecule has 0 bridgehead atoms. The first kappa shape index (κ1) is 13.1. The number of aliphatic hydroxyl groups is 1. The maximum absolute atomic E-state index is 13.4. The van der Waals surface area contributed by atoms with Crippen molar-refractivity contribution in [1.82, 2.24) is 0 Å². The third-order valence-corrected chi connectivity index (χ3v) is 2.77. The molecule has 0 aromatic heterocycles. The predicted molar refractivity (Wildman–Crippen MR) is 59.0 cm³/mol. The highest BCUT2D eigenvalue weighted by Gasteiger charge is 2.19. The molecule has 0 amide bonds. The Morgan fingerprint density at radius 1 is 1.31 bits per heavy atom. The van der Waals surface area contributed by atoms with Crippen molar-refractivity contribution in [2.75, 3.05) is 13.2 Å². The molecule has 0 radical (unpaired) electrons. The number of aliphatic hydroxyl groups excluding tert-OH is 1. The van der Waals surface area contributed by atoms with Gasteiger partial charge < -0.3 is 10.8 Å². The average Bonchev–Trinajstić information content (AvgIpc) is 2.25. The molecule has 2 atom stereocenters. The van der Waals surface area contributed by atoms with Crippen LogP contribution in [-0.4, -0.2) is 18.3 Å². The summed E-state index contributed by atoms with van der Waals surface area (Å²) in [7, 11) is 0. The second kappa shape index (κ2) is 5.92. The molecule has 0 aliphatic heterocycles. The van der Waals surface area contributed by atoms with Crippen LogP contribution in [0, 0.1) is 17.6 Å². The molecule has 0 aliphatic rings. The second-order valence-electron chi connectivity index (χ2n) is 4.06. The van der Waals surface area contributed by atoms with Crippen molar-refractivity contribution in [3.63, 3.8) is 0 Å². The summed E-state index contributed by atoms with van der Waals surface area (Å²) in [6.45, 7) is 1.99. The number of hydrogen-bond acceptors (Lipinski definition) is 2. The number of halogens is 2. The van der Waals surface area contributed by atoms with Crippen LogP contribution in [0.15, 0.2) is 18.2 Å². The van der Waals surface area contributed by atoms with Gasteiger partial charge in [-0.05, 0) is 36.9 Å². The number of rotatable bonds is 5. The SMILES string of the molecule is CC(CC(CN)CO)c1c(F)cccc1F. The Labute approximate surface area is 94.1 Å². The van der Waals surface area contributed by atoms with Gasteiger partial charge in [-0.25, -0.2) is 8.78 Å². The Morgan fingerprint density at radius 2 is 1.88 bits per heavy atom. The standard InChI is InChI=1S/C12H17F2NO/c1-8(5-9(6-15)7-16)12-10(13)3-2-4-11(12)14/h2-4,8-9,16H,5-7,15H2,1H3. The zero-order chi connectivity index (χ0) is 12.1. The Hall–Kier alpha value is -1.00. The van der Waals surface area contributed by atoms with Crippen molar-refractivity contribution in [2.24, 2.45) is 11.7 Å². The summed E-state index contributed by atoms with van der Waals surface area (Å²) in [6.07, 6.45) is 0.477. The van der Waals surface area contributed by atoms with Gasteiger partial charge in [-0.3, -0.25) is 0 Å². The molecular weight excluding hydrogens is 212 g/mol. The second-order valence-corrected chi connectivity index (χ2v) is 4.06. The van der Waals surface area contributed by atoms with E-state index in [1.165, 1.54) is 18.2 Å². The van der Waals surface area contributed by atoms with E-state index in [2.05, 4.69) is 0 Å². The molecule has 4 heteroatoms. The van der Waals surface area contributed by atoms with E-state index in [0.717, 1.165) is 0 Å². The number of hydrogen-bond donors (Lipinski definition) is 2.